The van der Waals surface area contributed by atoms with Gasteiger partial charge in [0, 0.05) is 64.7 Å². The van der Waals surface area contributed by atoms with Crippen LogP contribution in [0.4, 0.5) is 21.0 Å². The first-order valence-corrected chi connectivity index (χ1v) is 20.8. The van der Waals surface area contributed by atoms with Crippen molar-refractivity contribution in [3.63, 3.8) is 0 Å². The highest BCUT2D eigenvalue weighted by Crippen LogP contribution is 2.36. The molecule has 55 heavy (non-hydrogen) atoms. The molecule has 2 aromatic heterocycles. The molecule has 6 N–H and O–H groups in total. The maximum absolute atomic E-state index is 12.1. The van der Waals surface area contributed by atoms with E-state index in [0.717, 1.165) is 28.8 Å². The molecule has 2 aliphatic heterocycles. The molecule has 2 saturated heterocycles. The molecule has 4 amide bonds. The van der Waals surface area contributed by atoms with E-state index in [9.17, 15) is 9.59 Å². The Morgan fingerprint density at radius 3 is 1.85 bits per heavy atom. The van der Waals surface area contributed by atoms with Crippen molar-refractivity contribution in [1.82, 2.24) is 30.4 Å². The van der Waals surface area contributed by atoms with Crippen molar-refractivity contribution in [2.75, 3.05) is 56.4 Å². The van der Waals surface area contributed by atoms with E-state index in [4.69, 9.17) is 0 Å². The molecule has 298 valence electrons. The number of carbonyl (C=O) groups is 2. The highest BCUT2D eigenvalue weighted by molar-refractivity contribution is 5.95. The lowest BCUT2D eigenvalue weighted by Gasteiger charge is -2.35. The molecule has 4 aromatic rings. The number of fused-ring (bicyclic) bond motifs is 2. The molecule has 0 bridgehead atoms. The summed E-state index contributed by atoms with van der Waals surface area (Å²) < 4.78 is 0. The molecule has 1 unspecified atom stereocenters. The van der Waals surface area contributed by atoms with Gasteiger partial charge in [0.15, 0.2) is 0 Å². The van der Waals surface area contributed by atoms with Crippen LogP contribution in [0.1, 0.15) is 109 Å². The standard InChI is InChI=1S/C23H34N4O.C22H32N4O/c1-4-6-7-12-24-23(28)26-19-8-9-22-20(15-19)21(16-25-22)18-10-13-27(14-11-18)17(3)5-2;1-3-5-11-23-22(27)25-18-7-8-21-19(15-18)20(16-24-21)17-9-13-26(14-10-17)12-6-4-2/h4,6,8-9,15-18,25H,5,7,10-14H2,1-3H3,(H2,24,26,28);3,5,7-8,15-17,24H,4,6,9-14H2,1-2H3,(H2,23,25,27). The van der Waals surface area contributed by atoms with Gasteiger partial charge in [-0.1, -0.05) is 44.6 Å². The zero-order valence-electron chi connectivity index (χ0n) is 34.0. The van der Waals surface area contributed by atoms with E-state index in [1.807, 2.05) is 50.3 Å². The highest BCUT2D eigenvalue weighted by atomic mass is 16.2. The number of anilines is 2. The summed E-state index contributed by atoms with van der Waals surface area (Å²) in [6, 6.07) is 12.6. The number of carbonyl (C=O) groups excluding carboxylic acids is 2. The number of piperidine rings is 2. The third-order valence-corrected chi connectivity index (χ3v) is 11.4. The summed E-state index contributed by atoms with van der Waals surface area (Å²) >= 11 is 0. The molecule has 0 radical (unpaired) electrons. The summed E-state index contributed by atoms with van der Waals surface area (Å²) in [7, 11) is 0. The number of benzene rings is 2. The second kappa shape index (κ2) is 21.5. The second-order valence-electron chi connectivity index (χ2n) is 15.2. The number of hydrogen-bond donors (Lipinski definition) is 6. The molecule has 0 aliphatic carbocycles. The van der Waals surface area contributed by atoms with Gasteiger partial charge in [0.1, 0.15) is 0 Å². The third-order valence-electron chi connectivity index (χ3n) is 11.4. The van der Waals surface area contributed by atoms with Crippen molar-refractivity contribution in [2.45, 2.75) is 104 Å². The minimum absolute atomic E-state index is 0.150. The van der Waals surface area contributed by atoms with Crippen LogP contribution >= 0.6 is 0 Å². The molecule has 4 heterocycles. The zero-order chi connectivity index (χ0) is 39.0. The van der Waals surface area contributed by atoms with Crippen molar-refractivity contribution < 1.29 is 9.59 Å². The summed E-state index contributed by atoms with van der Waals surface area (Å²) in [5.74, 6) is 1.18. The Labute approximate surface area is 329 Å². The van der Waals surface area contributed by atoms with Gasteiger partial charge in [-0.15, -0.1) is 0 Å². The van der Waals surface area contributed by atoms with Gasteiger partial charge < -0.3 is 41.0 Å². The molecule has 10 nitrogen and oxygen atoms in total. The van der Waals surface area contributed by atoms with Crippen LogP contribution in [0.25, 0.3) is 21.8 Å². The smallest absolute Gasteiger partial charge is 0.319 e. The third kappa shape index (κ3) is 12.0. The van der Waals surface area contributed by atoms with Crippen LogP contribution in [-0.2, 0) is 0 Å². The van der Waals surface area contributed by atoms with Crippen LogP contribution in [0, 0.1) is 0 Å². The molecule has 2 fully saturated rings. The van der Waals surface area contributed by atoms with Gasteiger partial charge in [0.05, 0.1) is 0 Å². The van der Waals surface area contributed by atoms with Gasteiger partial charge in [0.2, 0.25) is 0 Å². The number of amides is 4. The Morgan fingerprint density at radius 2 is 1.33 bits per heavy atom. The van der Waals surface area contributed by atoms with Gasteiger partial charge in [-0.3, -0.25) is 0 Å². The summed E-state index contributed by atoms with van der Waals surface area (Å²) in [4.78, 5) is 36.1. The number of hydrogen-bond acceptors (Lipinski definition) is 4. The first kappa shape index (κ1) is 41.6. The number of aromatic nitrogens is 2. The number of urea groups is 2. The lowest BCUT2D eigenvalue weighted by Crippen LogP contribution is -2.39. The molecule has 0 spiro atoms. The van der Waals surface area contributed by atoms with Gasteiger partial charge in [-0.05, 0) is 158 Å². The van der Waals surface area contributed by atoms with Crippen LogP contribution in [-0.4, -0.2) is 83.7 Å². The summed E-state index contributed by atoms with van der Waals surface area (Å²) in [6.45, 7) is 17.9. The number of nitrogens with zero attached hydrogens (tertiary/aromatic N) is 2. The van der Waals surface area contributed by atoms with Gasteiger partial charge >= 0.3 is 12.1 Å². The lowest BCUT2D eigenvalue weighted by molar-refractivity contribution is 0.158. The maximum atomic E-state index is 12.1. The first-order chi connectivity index (χ1) is 26.8. The summed E-state index contributed by atoms with van der Waals surface area (Å²) in [5, 5.41) is 14.1. The molecular formula is C45H66N8O2. The number of allylic oxidation sites excluding steroid dienone is 2. The van der Waals surface area contributed by atoms with Crippen molar-refractivity contribution in [2.24, 2.45) is 0 Å². The number of aromatic amines is 2. The topological polar surface area (TPSA) is 120 Å². The molecule has 2 aliphatic rings. The number of H-pyrrole nitrogens is 2. The SMILES string of the molecule is CC=CCCNC(=O)Nc1ccc2[nH]cc(C3CCN(C(C)CC)CC3)c2c1.CC=CCNC(=O)Nc1ccc2[nH]cc(C3CCN(CCCC)CC3)c2c1. The van der Waals surface area contributed by atoms with E-state index < -0.39 is 0 Å². The number of unbranched alkanes of at least 4 members (excludes halogenated alkanes) is 1. The lowest BCUT2D eigenvalue weighted by atomic mass is 9.88. The number of nitrogens with one attached hydrogen (secondary N) is 6. The minimum atomic E-state index is -0.172. The van der Waals surface area contributed by atoms with E-state index in [1.54, 1.807) is 0 Å². The molecule has 0 saturated carbocycles. The van der Waals surface area contributed by atoms with Gasteiger partial charge in [-0.2, -0.15) is 0 Å². The van der Waals surface area contributed by atoms with E-state index in [0.29, 0.717) is 31.0 Å². The fourth-order valence-electron chi connectivity index (χ4n) is 7.93. The largest absolute Gasteiger partial charge is 0.361 e. The van der Waals surface area contributed by atoms with Crippen molar-refractivity contribution >= 4 is 45.2 Å². The van der Waals surface area contributed by atoms with Crippen LogP contribution in [0.2, 0.25) is 0 Å². The van der Waals surface area contributed by atoms with Crippen LogP contribution in [0.3, 0.4) is 0 Å². The minimum Gasteiger partial charge on any atom is -0.361 e. The molecular weight excluding hydrogens is 685 g/mol. The van der Waals surface area contributed by atoms with E-state index >= 15 is 0 Å². The zero-order valence-corrected chi connectivity index (χ0v) is 34.0. The molecule has 10 heteroatoms. The van der Waals surface area contributed by atoms with Crippen LogP contribution in [0.15, 0.2) is 73.1 Å². The van der Waals surface area contributed by atoms with E-state index in [-0.39, 0.29) is 12.1 Å². The van der Waals surface area contributed by atoms with Gasteiger partial charge in [-0.25, -0.2) is 9.59 Å². The van der Waals surface area contributed by atoms with Crippen molar-refractivity contribution in [3.8, 4) is 0 Å². The van der Waals surface area contributed by atoms with Crippen molar-refractivity contribution in [1.29, 1.82) is 0 Å². The van der Waals surface area contributed by atoms with Crippen molar-refractivity contribution in [3.05, 3.63) is 84.2 Å². The average molecular weight is 751 g/mol. The normalized spacial score (nSPS) is 16.7. The Kier molecular flexibility index (Phi) is 16.3. The number of rotatable bonds is 14. The number of likely N-dealkylation sites (tertiary alicyclic amines) is 2. The highest BCUT2D eigenvalue weighted by Gasteiger charge is 2.25. The van der Waals surface area contributed by atoms with Crippen LogP contribution < -0.4 is 21.3 Å². The molecule has 6 rings (SSSR count). The van der Waals surface area contributed by atoms with E-state index in [1.165, 1.54) is 99.6 Å². The summed E-state index contributed by atoms with van der Waals surface area (Å²) in [6.07, 6.45) is 21.6. The Bertz CT molecular complexity index is 1840. The van der Waals surface area contributed by atoms with E-state index in [2.05, 4.69) is 98.5 Å². The Hall–Kier alpha value is -4.54. The first-order valence-electron chi connectivity index (χ1n) is 20.8. The molecule has 2 aromatic carbocycles. The quantitative estimate of drug-likeness (QED) is 0.0568. The second-order valence-corrected chi connectivity index (χ2v) is 15.2. The fourth-order valence-corrected chi connectivity index (χ4v) is 7.93. The monoisotopic (exact) mass is 751 g/mol. The Morgan fingerprint density at radius 1 is 0.782 bits per heavy atom. The maximum Gasteiger partial charge on any atom is 0.319 e. The van der Waals surface area contributed by atoms with Gasteiger partial charge in [0.25, 0.3) is 0 Å². The predicted octanol–water partition coefficient (Wildman–Crippen LogP) is 10.1. The average Bonchev–Trinajstić information content (AvgIpc) is 3.83. The molecule has 1 atom stereocenters. The predicted molar refractivity (Wildman–Crippen MR) is 232 cm³/mol. The Balaban J connectivity index is 0.000000211. The van der Waals surface area contributed by atoms with Crippen LogP contribution in [0.5, 0.6) is 0 Å². The fraction of sp³-hybridized carbons (Fsp3) is 0.511. The summed E-state index contributed by atoms with van der Waals surface area (Å²) in [5.41, 5.74) is 6.72.